The second-order valence-corrected chi connectivity index (χ2v) is 9.33. The minimum Gasteiger partial charge on any atom is -0.378 e. The molecule has 1 saturated heterocycles. The molecule has 1 saturated carbocycles. The van der Waals surface area contributed by atoms with Crippen molar-refractivity contribution in [1.29, 1.82) is 0 Å². The van der Waals surface area contributed by atoms with Crippen LogP contribution in [0.3, 0.4) is 0 Å². The zero-order valence-corrected chi connectivity index (χ0v) is 18.3. The summed E-state index contributed by atoms with van der Waals surface area (Å²) in [6.45, 7) is 3.15. The molecule has 3 aliphatic rings. The number of carbonyl (C=O) groups is 1. The van der Waals surface area contributed by atoms with Gasteiger partial charge in [-0.1, -0.05) is 36.0 Å². The van der Waals surface area contributed by atoms with Crippen LogP contribution in [0.25, 0.3) is 0 Å². The Morgan fingerprint density at radius 1 is 1.20 bits per heavy atom. The summed E-state index contributed by atoms with van der Waals surface area (Å²) in [4.78, 5) is 17.2. The summed E-state index contributed by atoms with van der Waals surface area (Å²) >= 11 is 1.52. The van der Waals surface area contributed by atoms with Crippen molar-refractivity contribution in [3.8, 4) is 0 Å². The van der Waals surface area contributed by atoms with Crippen molar-refractivity contribution < 1.29 is 9.53 Å². The van der Waals surface area contributed by atoms with Crippen molar-refractivity contribution in [2.24, 2.45) is 0 Å². The molecule has 2 heterocycles. The molecular formula is C22H29N5O2S. The number of amides is 1. The van der Waals surface area contributed by atoms with Crippen LogP contribution in [-0.2, 0) is 16.0 Å². The van der Waals surface area contributed by atoms with E-state index in [1.54, 1.807) is 0 Å². The number of aryl methyl sites for hydroxylation is 1. The van der Waals surface area contributed by atoms with E-state index < -0.39 is 0 Å². The zero-order valence-electron chi connectivity index (χ0n) is 17.5. The topological polar surface area (TPSA) is 63.5 Å². The van der Waals surface area contributed by atoms with Crippen molar-refractivity contribution in [1.82, 2.24) is 19.7 Å². The molecule has 0 N–H and O–H groups in total. The highest BCUT2D eigenvalue weighted by Gasteiger charge is 2.33. The predicted molar refractivity (Wildman–Crippen MR) is 117 cm³/mol. The van der Waals surface area contributed by atoms with Gasteiger partial charge in [0.1, 0.15) is 0 Å². The third kappa shape index (κ3) is 3.95. The molecule has 0 spiro atoms. The number of hydrogen-bond donors (Lipinski definition) is 0. The van der Waals surface area contributed by atoms with Crippen molar-refractivity contribution in [3.63, 3.8) is 0 Å². The number of thioether (sulfide) groups is 1. The molecule has 1 aliphatic heterocycles. The van der Waals surface area contributed by atoms with Crippen LogP contribution in [-0.4, -0.2) is 64.7 Å². The molecule has 1 atom stereocenters. The molecule has 7 nitrogen and oxygen atoms in total. The average Bonchev–Trinajstić information content (AvgIpc) is 3.55. The SMILES string of the molecule is CN(C(=O)CSc1nnc(N2CCOCC2)n1C1CC1)[C@@H]1CCCc2ccccc21. The summed E-state index contributed by atoms with van der Waals surface area (Å²) in [7, 11) is 1.94. The van der Waals surface area contributed by atoms with Crippen LogP contribution >= 0.6 is 11.8 Å². The molecular weight excluding hydrogens is 398 g/mol. The number of morpholine rings is 1. The lowest BCUT2D eigenvalue weighted by atomic mass is 9.87. The van der Waals surface area contributed by atoms with E-state index in [1.165, 1.54) is 22.9 Å². The molecule has 2 aliphatic carbocycles. The first-order valence-electron chi connectivity index (χ1n) is 11.0. The lowest BCUT2D eigenvalue weighted by Crippen LogP contribution is -2.38. The Morgan fingerprint density at radius 2 is 2.00 bits per heavy atom. The number of rotatable bonds is 6. The van der Waals surface area contributed by atoms with Crippen molar-refractivity contribution >= 4 is 23.6 Å². The molecule has 2 fully saturated rings. The van der Waals surface area contributed by atoms with Crippen molar-refractivity contribution in [2.75, 3.05) is 44.0 Å². The van der Waals surface area contributed by atoms with Crippen molar-refractivity contribution in [3.05, 3.63) is 35.4 Å². The maximum Gasteiger partial charge on any atom is 0.233 e. The van der Waals surface area contributed by atoms with Gasteiger partial charge < -0.3 is 14.5 Å². The van der Waals surface area contributed by atoms with Gasteiger partial charge >= 0.3 is 0 Å². The van der Waals surface area contributed by atoms with Crippen LogP contribution in [0.4, 0.5) is 5.95 Å². The smallest absolute Gasteiger partial charge is 0.233 e. The molecule has 0 unspecified atom stereocenters. The molecule has 1 aromatic carbocycles. The summed E-state index contributed by atoms with van der Waals surface area (Å²) < 4.78 is 7.73. The number of ether oxygens (including phenoxy) is 1. The highest BCUT2D eigenvalue weighted by Crippen LogP contribution is 2.41. The molecule has 2 aromatic rings. The first-order valence-corrected chi connectivity index (χ1v) is 11.9. The van der Waals surface area contributed by atoms with Crippen LogP contribution in [0, 0.1) is 0 Å². The van der Waals surface area contributed by atoms with Gasteiger partial charge in [0.05, 0.1) is 25.0 Å². The van der Waals surface area contributed by atoms with Crippen LogP contribution in [0.1, 0.15) is 48.9 Å². The lowest BCUT2D eigenvalue weighted by Gasteiger charge is -2.33. The summed E-state index contributed by atoms with van der Waals surface area (Å²) in [6.07, 6.45) is 5.60. The van der Waals surface area contributed by atoms with Gasteiger partial charge in [0, 0.05) is 26.2 Å². The second-order valence-electron chi connectivity index (χ2n) is 8.38. The Bertz CT molecular complexity index is 907. The van der Waals surface area contributed by atoms with Gasteiger partial charge in [0.25, 0.3) is 0 Å². The highest BCUT2D eigenvalue weighted by atomic mass is 32.2. The molecule has 0 bridgehead atoms. The minimum absolute atomic E-state index is 0.153. The molecule has 5 rings (SSSR count). The predicted octanol–water partition coefficient (Wildman–Crippen LogP) is 3.08. The number of benzene rings is 1. The first-order chi connectivity index (χ1) is 14.7. The summed E-state index contributed by atoms with van der Waals surface area (Å²) in [5, 5.41) is 9.80. The first kappa shape index (κ1) is 19.9. The standard InChI is InChI=1S/C22H29N5O2S/c1-25(19-8-4-6-16-5-2-3-7-18(16)19)20(28)15-30-22-24-23-21(27(22)17-9-10-17)26-11-13-29-14-12-26/h2-3,5,7,17,19H,4,6,8-15H2,1H3/t19-/m1/s1. The fourth-order valence-electron chi connectivity index (χ4n) is 4.53. The Balaban J connectivity index is 1.27. The quantitative estimate of drug-likeness (QED) is 0.660. The van der Waals surface area contributed by atoms with E-state index in [-0.39, 0.29) is 11.9 Å². The minimum atomic E-state index is 0.153. The van der Waals surface area contributed by atoms with Gasteiger partial charge in [-0.2, -0.15) is 0 Å². The van der Waals surface area contributed by atoms with E-state index in [0.29, 0.717) is 11.8 Å². The number of carbonyl (C=O) groups excluding carboxylic acids is 1. The monoisotopic (exact) mass is 427 g/mol. The highest BCUT2D eigenvalue weighted by molar-refractivity contribution is 7.99. The molecule has 1 amide bonds. The Hall–Kier alpha value is -2.06. The van der Waals surface area contributed by atoms with E-state index in [4.69, 9.17) is 4.74 Å². The van der Waals surface area contributed by atoms with E-state index in [0.717, 1.165) is 69.5 Å². The number of nitrogens with zero attached hydrogens (tertiary/aromatic N) is 5. The van der Waals surface area contributed by atoms with Gasteiger partial charge in [-0.3, -0.25) is 9.36 Å². The number of anilines is 1. The summed E-state index contributed by atoms with van der Waals surface area (Å²) in [6, 6.07) is 9.19. The third-order valence-corrected chi connectivity index (χ3v) is 7.30. The Labute approximate surface area is 181 Å². The third-order valence-electron chi connectivity index (χ3n) is 6.38. The van der Waals surface area contributed by atoms with Crippen LogP contribution < -0.4 is 4.90 Å². The largest absolute Gasteiger partial charge is 0.378 e. The van der Waals surface area contributed by atoms with E-state index in [1.807, 2.05) is 11.9 Å². The molecule has 30 heavy (non-hydrogen) atoms. The van der Waals surface area contributed by atoms with Crippen molar-refractivity contribution in [2.45, 2.75) is 49.3 Å². The summed E-state index contributed by atoms with van der Waals surface area (Å²) in [5.74, 6) is 1.48. The maximum absolute atomic E-state index is 13.1. The Morgan fingerprint density at radius 3 is 2.80 bits per heavy atom. The molecule has 8 heteroatoms. The van der Waals surface area contributed by atoms with Crippen LogP contribution in [0.2, 0.25) is 0 Å². The fraction of sp³-hybridized carbons (Fsp3) is 0.591. The van der Waals surface area contributed by atoms with E-state index >= 15 is 0 Å². The van der Waals surface area contributed by atoms with Gasteiger partial charge in [-0.25, -0.2) is 0 Å². The van der Waals surface area contributed by atoms with Gasteiger partial charge in [-0.05, 0) is 43.2 Å². The van der Waals surface area contributed by atoms with Crippen LogP contribution in [0.5, 0.6) is 0 Å². The zero-order chi connectivity index (χ0) is 20.5. The second kappa shape index (κ2) is 8.59. The molecule has 1 aromatic heterocycles. The fourth-order valence-corrected chi connectivity index (χ4v) is 5.46. The molecule has 160 valence electrons. The normalized spacial score (nSPS) is 21.4. The van der Waals surface area contributed by atoms with E-state index in [9.17, 15) is 4.79 Å². The maximum atomic E-state index is 13.1. The molecule has 0 radical (unpaired) electrons. The lowest BCUT2D eigenvalue weighted by molar-refractivity contribution is -0.129. The van der Waals surface area contributed by atoms with Gasteiger partial charge in [0.15, 0.2) is 5.16 Å². The Kier molecular flexibility index (Phi) is 5.69. The van der Waals surface area contributed by atoms with Gasteiger partial charge in [0.2, 0.25) is 11.9 Å². The summed E-state index contributed by atoms with van der Waals surface area (Å²) in [5.41, 5.74) is 2.69. The van der Waals surface area contributed by atoms with Crippen LogP contribution in [0.15, 0.2) is 29.4 Å². The van der Waals surface area contributed by atoms with E-state index in [2.05, 4.69) is 43.9 Å². The number of hydrogen-bond acceptors (Lipinski definition) is 6. The number of fused-ring (bicyclic) bond motifs is 1. The average molecular weight is 428 g/mol. The van der Waals surface area contributed by atoms with Gasteiger partial charge in [-0.15, -0.1) is 10.2 Å². The number of aromatic nitrogens is 3.